The second-order valence-corrected chi connectivity index (χ2v) is 6.31. The summed E-state index contributed by atoms with van der Waals surface area (Å²) in [7, 11) is 0. The molecule has 0 amide bonds. The lowest BCUT2D eigenvalue weighted by molar-refractivity contribution is 0.214. The van der Waals surface area contributed by atoms with E-state index in [1.165, 1.54) is 0 Å². The van der Waals surface area contributed by atoms with Crippen LogP contribution in [0.2, 0.25) is 0 Å². The van der Waals surface area contributed by atoms with Gasteiger partial charge in [-0.2, -0.15) is 15.8 Å². The first-order valence-corrected chi connectivity index (χ1v) is 8.18. The number of hydrogen-bond donors (Lipinski definition) is 1. The molecule has 6 heteroatoms. The molecule has 1 aromatic heterocycles. The van der Waals surface area contributed by atoms with E-state index in [0.29, 0.717) is 6.54 Å². The molecule has 0 radical (unpaired) electrons. The highest BCUT2D eigenvalue weighted by atomic mass is 15.1. The second-order valence-electron chi connectivity index (χ2n) is 6.31. The molecule has 25 heavy (non-hydrogen) atoms. The molecule has 0 fully saturated rings. The number of fused-ring (bicyclic) bond motifs is 1. The van der Waals surface area contributed by atoms with E-state index in [1.54, 1.807) is 12.4 Å². The molecule has 2 heterocycles. The van der Waals surface area contributed by atoms with Crippen LogP contribution in [0.15, 0.2) is 47.4 Å². The molecule has 0 bridgehead atoms. The summed E-state index contributed by atoms with van der Waals surface area (Å²) in [5.74, 6) is -0.583. The number of nitrogens with two attached hydrogens (primary N) is 1. The van der Waals surface area contributed by atoms with Crippen LogP contribution >= 0.6 is 0 Å². The minimum atomic E-state index is -1.56. The Morgan fingerprint density at radius 1 is 1.28 bits per heavy atom. The quantitative estimate of drug-likeness (QED) is 0.885. The Labute approximate surface area is 147 Å². The van der Waals surface area contributed by atoms with Crippen LogP contribution in [0, 0.1) is 45.3 Å². The van der Waals surface area contributed by atoms with E-state index in [4.69, 9.17) is 5.73 Å². The van der Waals surface area contributed by atoms with Crippen molar-refractivity contribution in [2.75, 3.05) is 19.6 Å². The molecule has 2 N–H and O–H groups in total. The number of hydrogen-bond acceptors (Lipinski definition) is 6. The highest BCUT2D eigenvalue weighted by Gasteiger charge is 2.54. The molecule has 1 aromatic rings. The van der Waals surface area contributed by atoms with Gasteiger partial charge < -0.3 is 5.73 Å². The van der Waals surface area contributed by atoms with Gasteiger partial charge >= 0.3 is 0 Å². The van der Waals surface area contributed by atoms with E-state index < -0.39 is 11.3 Å². The molecule has 0 aromatic carbocycles. The van der Waals surface area contributed by atoms with Crippen LogP contribution in [-0.4, -0.2) is 29.5 Å². The molecule has 2 atom stereocenters. The SMILES string of the molecule is CCN1CC=C2C(C#N)=C(N)C(C#N)(C#N)[C@H](c3ccncc3)[C@H]2C1. The number of aromatic nitrogens is 1. The van der Waals surface area contributed by atoms with E-state index in [0.717, 1.165) is 24.2 Å². The second kappa shape index (κ2) is 6.40. The first-order chi connectivity index (χ1) is 12.1. The molecule has 2 aliphatic rings. The van der Waals surface area contributed by atoms with Crippen LogP contribution in [-0.2, 0) is 0 Å². The summed E-state index contributed by atoms with van der Waals surface area (Å²) in [6.45, 7) is 4.34. The number of nitrogens with zero attached hydrogens (tertiary/aromatic N) is 5. The standard InChI is InChI=1S/C19H18N6/c1-2-25-8-5-14-15(9-20)18(23)19(11-21,12-22)17(16(14)10-25)13-3-6-24-7-4-13/h3-7,16-17H,2,8,10,23H2,1H3/t16-,17+/m0/s1. The number of pyridine rings is 1. The fourth-order valence-corrected chi connectivity index (χ4v) is 3.94. The maximum Gasteiger partial charge on any atom is 0.191 e. The molecule has 124 valence electrons. The van der Waals surface area contributed by atoms with Gasteiger partial charge in [0, 0.05) is 37.3 Å². The van der Waals surface area contributed by atoms with Crippen molar-refractivity contribution in [1.82, 2.24) is 9.88 Å². The Morgan fingerprint density at radius 2 is 1.96 bits per heavy atom. The van der Waals surface area contributed by atoms with E-state index in [9.17, 15) is 15.8 Å². The Morgan fingerprint density at radius 3 is 2.52 bits per heavy atom. The van der Waals surface area contributed by atoms with Crippen molar-refractivity contribution >= 4 is 0 Å². The zero-order valence-corrected chi connectivity index (χ0v) is 14.0. The maximum absolute atomic E-state index is 9.93. The first kappa shape index (κ1) is 16.7. The minimum Gasteiger partial charge on any atom is -0.399 e. The highest BCUT2D eigenvalue weighted by molar-refractivity contribution is 5.59. The third-order valence-electron chi connectivity index (χ3n) is 5.25. The zero-order valence-electron chi connectivity index (χ0n) is 14.0. The fraction of sp³-hybridized carbons (Fsp3) is 0.368. The average molecular weight is 330 g/mol. The Balaban J connectivity index is 2.30. The van der Waals surface area contributed by atoms with Crippen molar-refractivity contribution in [1.29, 1.82) is 15.8 Å². The largest absolute Gasteiger partial charge is 0.399 e. The Bertz CT molecular complexity index is 848. The first-order valence-electron chi connectivity index (χ1n) is 8.18. The van der Waals surface area contributed by atoms with E-state index in [2.05, 4.69) is 35.0 Å². The molecule has 0 saturated carbocycles. The average Bonchev–Trinajstić information content (AvgIpc) is 2.67. The van der Waals surface area contributed by atoms with Crippen molar-refractivity contribution in [2.24, 2.45) is 17.1 Å². The third-order valence-corrected chi connectivity index (χ3v) is 5.25. The Hall–Kier alpha value is -3.14. The van der Waals surface area contributed by atoms with Gasteiger partial charge in [-0.1, -0.05) is 13.0 Å². The van der Waals surface area contributed by atoms with E-state index in [1.807, 2.05) is 18.2 Å². The van der Waals surface area contributed by atoms with Gasteiger partial charge in [-0.15, -0.1) is 0 Å². The van der Waals surface area contributed by atoms with Crippen LogP contribution < -0.4 is 5.73 Å². The van der Waals surface area contributed by atoms with Gasteiger partial charge in [0.1, 0.15) is 6.07 Å². The van der Waals surface area contributed by atoms with Crippen molar-refractivity contribution in [3.63, 3.8) is 0 Å². The topological polar surface area (TPSA) is 114 Å². The lowest BCUT2D eigenvalue weighted by Gasteiger charge is -2.45. The summed E-state index contributed by atoms with van der Waals surface area (Å²) >= 11 is 0. The smallest absolute Gasteiger partial charge is 0.191 e. The zero-order chi connectivity index (χ0) is 18.0. The number of likely N-dealkylation sites (N-methyl/N-ethyl adjacent to an activating group) is 1. The van der Waals surface area contributed by atoms with Gasteiger partial charge in [0.15, 0.2) is 5.41 Å². The lowest BCUT2D eigenvalue weighted by atomic mass is 9.58. The van der Waals surface area contributed by atoms with Gasteiger partial charge in [0.25, 0.3) is 0 Å². The molecular formula is C19H18N6. The summed E-state index contributed by atoms with van der Waals surface area (Å²) in [6.07, 6.45) is 5.31. The third kappa shape index (κ3) is 2.38. The molecule has 6 nitrogen and oxygen atoms in total. The lowest BCUT2D eigenvalue weighted by Crippen LogP contribution is -2.48. The van der Waals surface area contributed by atoms with Gasteiger partial charge in [0.05, 0.1) is 23.4 Å². The van der Waals surface area contributed by atoms with E-state index >= 15 is 0 Å². The van der Waals surface area contributed by atoms with Crippen LogP contribution in [0.4, 0.5) is 0 Å². The summed E-state index contributed by atoms with van der Waals surface area (Å²) in [5, 5.41) is 29.5. The predicted octanol–water partition coefficient (Wildman–Crippen LogP) is 1.83. The summed E-state index contributed by atoms with van der Waals surface area (Å²) in [5.41, 5.74) is 6.71. The normalized spacial score (nSPS) is 25.1. The molecule has 0 saturated heterocycles. The monoisotopic (exact) mass is 330 g/mol. The molecular weight excluding hydrogens is 312 g/mol. The van der Waals surface area contributed by atoms with Gasteiger partial charge in [-0.3, -0.25) is 9.88 Å². The molecule has 1 aliphatic carbocycles. The van der Waals surface area contributed by atoms with Crippen molar-refractivity contribution in [2.45, 2.75) is 12.8 Å². The van der Waals surface area contributed by atoms with Crippen molar-refractivity contribution in [3.05, 3.63) is 53.0 Å². The summed E-state index contributed by atoms with van der Waals surface area (Å²) in [4.78, 5) is 6.27. The van der Waals surface area contributed by atoms with Gasteiger partial charge in [0.2, 0.25) is 0 Å². The van der Waals surface area contributed by atoms with Crippen molar-refractivity contribution < 1.29 is 0 Å². The number of allylic oxidation sites excluding steroid dienone is 2. The fourth-order valence-electron chi connectivity index (χ4n) is 3.94. The predicted molar refractivity (Wildman–Crippen MR) is 91.2 cm³/mol. The molecule has 0 spiro atoms. The Kier molecular flexibility index (Phi) is 4.28. The minimum absolute atomic E-state index is 0.0641. The van der Waals surface area contributed by atoms with Crippen LogP contribution in [0.25, 0.3) is 0 Å². The molecule has 1 aliphatic heterocycles. The summed E-state index contributed by atoms with van der Waals surface area (Å²) < 4.78 is 0. The number of rotatable bonds is 2. The highest BCUT2D eigenvalue weighted by Crippen LogP contribution is 2.53. The van der Waals surface area contributed by atoms with Crippen molar-refractivity contribution in [3.8, 4) is 18.2 Å². The van der Waals surface area contributed by atoms with Gasteiger partial charge in [-0.05, 0) is 29.8 Å². The van der Waals surface area contributed by atoms with Gasteiger partial charge in [-0.25, -0.2) is 0 Å². The summed E-state index contributed by atoms with van der Waals surface area (Å²) in [6, 6.07) is 10.0. The maximum atomic E-state index is 9.93. The van der Waals surface area contributed by atoms with Crippen LogP contribution in [0.5, 0.6) is 0 Å². The molecule has 3 rings (SSSR count). The van der Waals surface area contributed by atoms with Crippen LogP contribution in [0.3, 0.4) is 0 Å². The van der Waals surface area contributed by atoms with E-state index in [-0.39, 0.29) is 17.2 Å². The number of nitriles is 3. The van der Waals surface area contributed by atoms with Crippen LogP contribution in [0.1, 0.15) is 18.4 Å². The molecule has 0 unspecified atom stereocenters.